The van der Waals surface area contributed by atoms with Gasteiger partial charge in [-0.2, -0.15) is 10.5 Å². The van der Waals surface area contributed by atoms with Gasteiger partial charge in [-0.15, -0.1) is 0 Å². The van der Waals surface area contributed by atoms with Gasteiger partial charge in [0.2, 0.25) is 0 Å². The van der Waals surface area contributed by atoms with Crippen LogP contribution in [0.15, 0.2) is 54.6 Å². The molecule has 0 spiro atoms. The van der Waals surface area contributed by atoms with Crippen molar-refractivity contribution in [1.29, 1.82) is 10.5 Å². The van der Waals surface area contributed by atoms with E-state index in [0.717, 1.165) is 11.4 Å². The minimum Gasteiger partial charge on any atom is -0.340 e. The van der Waals surface area contributed by atoms with Crippen LogP contribution in [0.25, 0.3) is 0 Å². The average molecular weight is 326 g/mol. The summed E-state index contributed by atoms with van der Waals surface area (Å²) in [5.41, 5.74) is 2.69. The van der Waals surface area contributed by atoms with E-state index in [0.29, 0.717) is 28.6 Å². The Morgan fingerprint density at radius 1 is 0.760 bits per heavy atom. The van der Waals surface area contributed by atoms with E-state index in [4.69, 9.17) is 10.5 Å². The molecule has 0 saturated carbocycles. The van der Waals surface area contributed by atoms with Gasteiger partial charge in [0.25, 0.3) is 0 Å². The molecule has 3 aromatic rings. The molecule has 0 amide bonds. The molecule has 6 heteroatoms. The standard InChI is InChI=1S/C19H14N6/c1-13-22-18(24-16-6-2-4-14(8-16)11-20)10-19(23-13)25-17-7-3-5-15(9-17)12-21/h2-10H,1H3,(H2,22,23,24,25). The quantitative estimate of drug-likeness (QED) is 0.751. The van der Waals surface area contributed by atoms with E-state index in [9.17, 15) is 0 Å². The summed E-state index contributed by atoms with van der Waals surface area (Å²) in [7, 11) is 0. The van der Waals surface area contributed by atoms with Gasteiger partial charge in [-0.3, -0.25) is 0 Å². The highest BCUT2D eigenvalue weighted by atomic mass is 15.1. The number of anilines is 4. The number of nitrogens with one attached hydrogen (secondary N) is 2. The number of aromatic nitrogens is 2. The zero-order chi connectivity index (χ0) is 17.6. The predicted octanol–water partition coefficient (Wildman–Crippen LogP) is 4.02. The van der Waals surface area contributed by atoms with Crippen LogP contribution in [0.1, 0.15) is 17.0 Å². The summed E-state index contributed by atoms with van der Waals surface area (Å²) in [5, 5.41) is 24.3. The van der Waals surface area contributed by atoms with Crippen LogP contribution in [0.4, 0.5) is 23.0 Å². The van der Waals surface area contributed by atoms with Crippen LogP contribution in [0.5, 0.6) is 0 Å². The molecule has 6 nitrogen and oxygen atoms in total. The van der Waals surface area contributed by atoms with Crippen molar-refractivity contribution in [3.8, 4) is 12.1 Å². The smallest absolute Gasteiger partial charge is 0.136 e. The van der Waals surface area contributed by atoms with Crippen molar-refractivity contribution in [3.05, 3.63) is 71.5 Å². The summed E-state index contributed by atoms with van der Waals surface area (Å²) in [4.78, 5) is 8.72. The molecule has 25 heavy (non-hydrogen) atoms. The molecule has 0 aliphatic heterocycles. The molecule has 2 aromatic carbocycles. The maximum atomic E-state index is 8.99. The van der Waals surface area contributed by atoms with Gasteiger partial charge in [0.15, 0.2) is 0 Å². The minimum atomic E-state index is 0.572. The summed E-state index contributed by atoms with van der Waals surface area (Å²) in [6, 6.07) is 20.3. The fourth-order valence-corrected chi connectivity index (χ4v) is 2.32. The highest BCUT2D eigenvalue weighted by Gasteiger charge is 2.04. The predicted molar refractivity (Wildman–Crippen MR) is 95.6 cm³/mol. The number of benzene rings is 2. The SMILES string of the molecule is Cc1nc(Nc2cccc(C#N)c2)cc(Nc2cccc(C#N)c2)n1. The second kappa shape index (κ2) is 7.12. The largest absolute Gasteiger partial charge is 0.340 e. The van der Waals surface area contributed by atoms with Crippen LogP contribution in [0, 0.1) is 29.6 Å². The van der Waals surface area contributed by atoms with Crippen molar-refractivity contribution in [2.24, 2.45) is 0 Å². The van der Waals surface area contributed by atoms with Crippen molar-refractivity contribution in [2.75, 3.05) is 10.6 Å². The first kappa shape index (κ1) is 16.0. The average Bonchev–Trinajstić information content (AvgIpc) is 2.61. The maximum Gasteiger partial charge on any atom is 0.136 e. The lowest BCUT2D eigenvalue weighted by Gasteiger charge is -2.10. The molecular formula is C19H14N6. The number of rotatable bonds is 4. The monoisotopic (exact) mass is 326 g/mol. The van der Waals surface area contributed by atoms with E-state index in [2.05, 4.69) is 32.7 Å². The number of nitrogens with zero attached hydrogens (tertiary/aromatic N) is 4. The Morgan fingerprint density at radius 2 is 1.24 bits per heavy atom. The summed E-state index contributed by atoms with van der Waals surface area (Å²) in [5.74, 6) is 1.82. The van der Waals surface area contributed by atoms with Gasteiger partial charge in [-0.25, -0.2) is 9.97 Å². The summed E-state index contributed by atoms with van der Waals surface area (Å²) in [6.07, 6.45) is 0. The van der Waals surface area contributed by atoms with E-state index in [1.807, 2.05) is 24.3 Å². The zero-order valence-electron chi connectivity index (χ0n) is 13.5. The first-order valence-electron chi connectivity index (χ1n) is 7.56. The van der Waals surface area contributed by atoms with E-state index in [1.165, 1.54) is 0 Å². The topological polar surface area (TPSA) is 97.4 Å². The molecule has 3 rings (SSSR count). The normalized spacial score (nSPS) is 9.72. The van der Waals surface area contributed by atoms with Crippen molar-refractivity contribution in [1.82, 2.24) is 9.97 Å². The lowest BCUT2D eigenvalue weighted by molar-refractivity contribution is 1.06. The highest BCUT2D eigenvalue weighted by Crippen LogP contribution is 2.21. The van der Waals surface area contributed by atoms with E-state index >= 15 is 0 Å². The molecule has 0 saturated heterocycles. The molecule has 120 valence electrons. The lowest BCUT2D eigenvalue weighted by atomic mass is 10.2. The van der Waals surface area contributed by atoms with Crippen molar-refractivity contribution in [3.63, 3.8) is 0 Å². The van der Waals surface area contributed by atoms with Crippen LogP contribution in [-0.4, -0.2) is 9.97 Å². The summed E-state index contributed by atoms with van der Waals surface area (Å²) < 4.78 is 0. The number of hydrogen-bond acceptors (Lipinski definition) is 6. The van der Waals surface area contributed by atoms with Crippen LogP contribution in [-0.2, 0) is 0 Å². The minimum absolute atomic E-state index is 0.572. The molecule has 0 fully saturated rings. The number of hydrogen-bond donors (Lipinski definition) is 2. The fourth-order valence-electron chi connectivity index (χ4n) is 2.32. The van der Waals surface area contributed by atoms with Crippen LogP contribution in [0.3, 0.4) is 0 Å². The van der Waals surface area contributed by atoms with Gasteiger partial charge in [-0.05, 0) is 43.3 Å². The zero-order valence-corrected chi connectivity index (χ0v) is 13.5. The molecule has 1 heterocycles. The van der Waals surface area contributed by atoms with Gasteiger partial charge in [0.05, 0.1) is 23.3 Å². The molecule has 0 atom stereocenters. The van der Waals surface area contributed by atoms with E-state index < -0.39 is 0 Å². The summed E-state index contributed by atoms with van der Waals surface area (Å²) >= 11 is 0. The second-order valence-electron chi connectivity index (χ2n) is 5.32. The van der Waals surface area contributed by atoms with Crippen LogP contribution < -0.4 is 10.6 Å². The van der Waals surface area contributed by atoms with Gasteiger partial charge in [0.1, 0.15) is 17.5 Å². The van der Waals surface area contributed by atoms with Gasteiger partial charge in [0, 0.05) is 17.4 Å². The third-order valence-corrected chi connectivity index (χ3v) is 3.37. The molecule has 0 aliphatic rings. The first-order chi connectivity index (χ1) is 12.2. The van der Waals surface area contributed by atoms with Gasteiger partial charge in [-0.1, -0.05) is 12.1 Å². The summed E-state index contributed by atoms with van der Waals surface area (Å²) in [6.45, 7) is 1.80. The Labute approximate surface area is 145 Å². The van der Waals surface area contributed by atoms with Crippen molar-refractivity contribution < 1.29 is 0 Å². The fraction of sp³-hybridized carbons (Fsp3) is 0.0526. The van der Waals surface area contributed by atoms with Gasteiger partial charge < -0.3 is 10.6 Å². The highest BCUT2D eigenvalue weighted by molar-refractivity contribution is 5.64. The molecule has 0 radical (unpaired) electrons. The third-order valence-electron chi connectivity index (χ3n) is 3.37. The van der Waals surface area contributed by atoms with Crippen LogP contribution >= 0.6 is 0 Å². The Bertz CT molecular complexity index is 920. The molecule has 2 N–H and O–H groups in total. The molecule has 0 aliphatic carbocycles. The van der Waals surface area contributed by atoms with Crippen LogP contribution in [0.2, 0.25) is 0 Å². The van der Waals surface area contributed by atoms with E-state index in [1.54, 1.807) is 37.3 Å². The molecular weight excluding hydrogens is 312 g/mol. The number of nitriles is 2. The number of aryl methyl sites for hydroxylation is 1. The third kappa shape index (κ3) is 4.10. The maximum absolute atomic E-state index is 8.99. The Balaban J connectivity index is 1.85. The Hall–Kier alpha value is -3.90. The van der Waals surface area contributed by atoms with Gasteiger partial charge >= 0.3 is 0 Å². The lowest BCUT2D eigenvalue weighted by Crippen LogP contribution is -2.01. The Kier molecular flexibility index (Phi) is 4.55. The first-order valence-corrected chi connectivity index (χ1v) is 7.56. The van der Waals surface area contributed by atoms with Crippen molar-refractivity contribution >= 4 is 23.0 Å². The van der Waals surface area contributed by atoms with E-state index in [-0.39, 0.29) is 0 Å². The Morgan fingerprint density at radius 3 is 1.68 bits per heavy atom. The molecule has 0 unspecified atom stereocenters. The molecule has 1 aromatic heterocycles. The van der Waals surface area contributed by atoms with Crippen molar-refractivity contribution in [2.45, 2.75) is 6.92 Å². The second-order valence-corrected chi connectivity index (χ2v) is 5.32. The molecule has 0 bridgehead atoms.